The van der Waals surface area contributed by atoms with E-state index in [9.17, 15) is 9.90 Å². The van der Waals surface area contributed by atoms with Crippen molar-refractivity contribution in [1.82, 2.24) is 14.9 Å². The maximum atomic E-state index is 12.5. The average molecular weight is 345 g/mol. The third-order valence-corrected chi connectivity index (χ3v) is 5.51. The average Bonchev–Trinajstić information content (AvgIpc) is 3.00. The van der Waals surface area contributed by atoms with Crippen LogP contribution >= 0.6 is 11.8 Å². The summed E-state index contributed by atoms with van der Waals surface area (Å²) in [6, 6.07) is 7.53. The van der Waals surface area contributed by atoms with E-state index in [4.69, 9.17) is 0 Å². The van der Waals surface area contributed by atoms with Gasteiger partial charge in [0.25, 0.3) is 5.91 Å². The lowest BCUT2D eigenvalue weighted by Gasteiger charge is -2.28. The summed E-state index contributed by atoms with van der Waals surface area (Å²) in [5.41, 5.74) is 1.73. The lowest BCUT2D eigenvalue weighted by molar-refractivity contribution is 0.0717. The fraction of sp³-hybridized carbons (Fsp3) is 0.444. The molecule has 2 unspecified atom stereocenters. The van der Waals surface area contributed by atoms with E-state index in [2.05, 4.69) is 10.3 Å². The van der Waals surface area contributed by atoms with Crippen LogP contribution in [0.15, 0.2) is 41.8 Å². The Kier molecular flexibility index (Phi) is 5.58. The Labute approximate surface area is 146 Å². The molecule has 24 heavy (non-hydrogen) atoms. The SMILES string of the molecule is Cn1ccnc1SCc1cccc(C(=O)NC2CCCCC2O)c1. The fourth-order valence-corrected chi connectivity index (χ4v) is 3.85. The number of aliphatic hydroxyl groups excluding tert-OH is 1. The molecule has 2 N–H and O–H groups in total. The molecule has 2 atom stereocenters. The highest BCUT2D eigenvalue weighted by atomic mass is 32.2. The number of thioether (sulfide) groups is 1. The Morgan fingerprint density at radius 2 is 2.25 bits per heavy atom. The molecule has 1 fully saturated rings. The number of nitrogens with one attached hydrogen (secondary N) is 1. The summed E-state index contributed by atoms with van der Waals surface area (Å²) in [5, 5.41) is 13.9. The van der Waals surface area contributed by atoms with Crippen molar-refractivity contribution >= 4 is 17.7 Å². The van der Waals surface area contributed by atoms with Crippen LogP contribution in [0.1, 0.15) is 41.6 Å². The highest BCUT2D eigenvalue weighted by molar-refractivity contribution is 7.98. The van der Waals surface area contributed by atoms with Gasteiger partial charge in [0.05, 0.1) is 12.1 Å². The maximum Gasteiger partial charge on any atom is 0.251 e. The Morgan fingerprint density at radius 3 is 3.00 bits per heavy atom. The number of benzene rings is 1. The summed E-state index contributed by atoms with van der Waals surface area (Å²) in [5.74, 6) is 0.655. The number of amides is 1. The van der Waals surface area contributed by atoms with Crippen LogP contribution in [0, 0.1) is 0 Å². The van der Waals surface area contributed by atoms with Gasteiger partial charge in [0.2, 0.25) is 0 Å². The first-order valence-corrected chi connectivity index (χ1v) is 9.30. The van der Waals surface area contributed by atoms with E-state index in [1.165, 1.54) is 0 Å². The molecule has 1 saturated carbocycles. The number of aryl methyl sites for hydroxylation is 1. The molecule has 0 radical (unpaired) electrons. The zero-order chi connectivity index (χ0) is 16.9. The zero-order valence-corrected chi connectivity index (χ0v) is 14.6. The molecule has 1 amide bonds. The van der Waals surface area contributed by atoms with Crippen LogP contribution in [0.3, 0.4) is 0 Å². The van der Waals surface area contributed by atoms with Gasteiger partial charge in [-0.2, -0.15) is 0 Å². The van der Waals surface area contributed by atoms with Crippen LogP contribution in [0.25, 0.3) is 0 Å². The van der Waals surface area contributed by atoms with Gasteiger partial charge in [0, 0.05) is 30.8 Å². The predicted octanol–water partition coefficient (Wildman–Crippen LogP) is 2.75. The minimum atomic E-state index is -0.426. The predicted molar refractivity (Wildman–Crippen MR) is 94.9 cm³/mol. The second kappa shape index (κ2) is 7.85. The van der Waals surface area contributed by atoms with E-state index in [-0.39, 0.29) is 11.9 Å². The standard InChI is InChI=1S/C18H23N3O2S/c1-21-10-9-19-18(21)24-12-13-5-4-6-14(11-13)17(23)20-15-7-2-3-8-16(15)22/h4-6,9-11,15-16,22H,2-3,7-8,12H2,1H3,(H,20,23). The van der Waals surface area contributed by atoms with Crippen molar-refractivity contribution in [2.24, 2.45) is 7.05 Å². The molecule has 1 heterocycles. The molecule has 6 heteroatoms. The molecule has 128 valence electrons. The molecule has 5 nitrogen and oxygen atoms in total. The minimum absolute atomic E-state index is 0.107. The van der Waals surface area contributed by atoms with Gasteiger partial charge < -0.3 is 15.0 Å². The number of aliphatic hydroxyl groups is 1. The quantitative estimate of drug-likeness (QED) is 0.818. The third kappa shape index (κ3) is 4.19. The number of rotatable bonds is 5. The molecule has 2 aromatic rings. The van der Waals surface area contributed by atoms with E-state index < -0.39 is 6.10 Å². The van der Waals surface area contributed by atoms with Crippen molar-refractivity contribution in [2.75, 3.05) is 0 Å². The second-order valence-corrected chi connectivity index (χ2v) is 7.18. The smallest absolute Gasteiger partial charge is 0.251 e. The van der Waals surface area contributed by atoms with E-state index >= 15 is 0 Å². The summed E-state index contributed by atoms with van der Waals surface area (Å²) in [7, 11) is 1.97. The molecule has 1 aliphatic carbocycles. The van der Waals surface area contributed by atoms with E-state index in [0.29, 0.717) is 5.56 Å². The summed E-state index contributed by atoms with van der Waals surface area (Å²) >= 11 is 1.64. The third-order valence-electron chi connectivity index (χ3n) is 4.38. The number of hydrogen-bond donors (Lipinski definition) is 2. The number of aromatic nitrogens is 2. The summed E-state index contributed by atoms with van der Waals surface area (Å²) in [6.45, 7) is 0. The van der Waals surface area contributed by atoms with Gasteiger partial charge in [-0.15, -0.1) is 0 Å². The number of nitrogens with zero attached hydrogens (tertiary/aromatic N) is 2. The first kappa shape index (κ1) is 17.0. The first-order chi connectivity index (χ1) is 11.6. The van der Waals surface area contributed by atoms with Gasteiger partial charge in [-0.1, -0.05) is 36.7 Å². The Balaban J connectivity index is 1.61. The molecule has 3 rings (SSSR count). The van der Waals surface area contributed by atoms with Crippen molar-refractivity contribution in [3.63, 3.8) is 0 Å². The molecule has 0 spiro atoms. The van der Waals surface area contributed by atoms with Gasteiger partial charge >= 0.3 is 0 Å². The zero-order valence-electron chi connectivity index (χ0n) is 13.8. The summed E-state index contributed by atoms with van der Waals surface area (Å²) in [4.78, 5) is 16.7. The Morgan fingerprint density at radius 1 is 1.42 bits per heavy atom. The highest BCUT2D eigenvalue weighted by Crippen LogP contribution is 2.22. The maximum absolute atomic E-state index is 12.5. The van der Waals surface area contributed by atoms with Crippen molar-refractivity contribution in [3.8, 4) is 0 Å². The van der Waals surface area contributed by atoms with E-state index in [1.807, 2.05) is 42.1 Å². The van der Waals surface area contributed by atoms with Crippen LogP contribution < -0.4 is 5.32 Å². The molecule has 0 aliphatic heterocycles. The first-order valence-electron chi connectivity index (χ1n) is 8.31. The summed E-state index contributed by atoms with van der Waals surface area (Å²) in [6.07, 6.45) is 6.98. The normalized spacial score (nSPS) is 20.8. The number of carbonyl (C=O) groups excluding carboxylic acids is 1. The van der Waals surface area contributed by atoms with Crippen LogP contribution in [0.2, 0.25) is 0 Å². The van der Waals surface area contributed by atoms with Gasteiger partial charge in [-0.3, -0.25) is 4.79 Å². The Bertz CT molecular complexity index is 701. The van der Waals surface area contributed by atoms with Gasteiger partial charge in [0.15, 0.2) is 5.16 Å². The second-order valence-electron chi connectivity index (χ2n) is 6.24. The van der Waals surface area contributed by atoms with Crippen molar-refractivity contribution in [3.05, 3.63) is 47.8 Å². The van der Waals surface area contributed by atoms with Crippen LogP contribution in [-0.4, -0.2) is 32.7 Å². The Hall–Kier alpha value is -1.79. The van der Waals surface area contributed by atoms with E-state index in [0.717, 1.165) is 42.2 Å². The largest absolute Gasteiger partial charge is 0.391 e. The molecule has 1 aromatic carbocycles. The van der Waals surface area contributed by atoms with Crippen LogP contribution in [0.5, 0.6) is 0 Å². The van der Waals surface area contributed by atoms with Crippen LogP contribution in [0.4, 0.5) is 0 Å². The highest BCUT2D eigenvalue weighted by Gasteiger charge is 2.24. The van der Waals surface area contributed by atoms with Crippen molar-refractivity contribution < 1.29 is 9.90 Å². The van der Waals surface area contributed by atoms with E-state index in [1.54, 1.807) is 18.0 Å². The lowest BCUT2D eigenvalue weighted by Crippen LogP contribution is -2.45. The molecule has 0 saturated heterocycles. The van der Waals surface area contributed by atoms with Crippen LogP contribution in [-0.2, 0) is 12.8 Å². The molecular formula is C18H23N3O2S. The number of hydrogen-bond acceptors (Lipinski definition) is 4. The fourth-order valence-electron chi connectivity index (χ4n) is 2.97. The molecule has 1 aromatic heterocycles. The minimum Gasteiger partial charge on any atom is -0.391 e. The topological polar surface area (TPSA) is 67.2 Å². The number of imidazole rings is 1. The van der Waals surface area contributed by atoms with Gasteiger partial charge in [0.1, 0.15) is 0 Å². The van der Waals surface area contributed by atoms with Gasteiger partial charge in [-0.05, 0) is 30.5 Å². The molecule has 1 aliphatic rings. The molecule has 0 bridgehead atoms. The monoisotopic (exact) mass is 345 g/mol. The van der Waals surface area contributed by atoms with Gasteiger partial charge in [-0.25, -0.2) is 4.98 Å². The van der Waals surface area contributed by atoms with Crippen molar-refractivity contribution in [2.45, 2.75) is 48.7 Å². The number of carbonyl (C=O) groups is 1. The lowest BCUT2D eigenvalue weighted by atomic mass is 9.92. The summed E-state index contributed by atoms with van der Waals surface area (Å²) < 4.78 is 1.98. The van der Waals surface area contributed by atoms with Crippen molar-refractivity contribution in [1.29, 1.82) is 0 Å². The molecular weight excluding hydrogens is 322 g/mol.